The Kier molecular flexibility index (Phi) is 8.82. The van der Waals surface area contributed by atoms with E-state index in [1.54, 1.807) is 0 Å². The molecule has 1 atom stereocenters. The summed E-state index contributed by atoms with van der Waals surface area (Å²) in [6.45, 7) is 6.77. The summed E-state index contributed by atoms with van der Waals surface area (Å²) in [4.78, 5) is 2.01. The highest BCUT2D eigenvalue weighted by atomic mass is 16.5. The normalized spacial score (nSPS) is 13.1. The molecule has 1 aromatic rings. The van der Waals surface area contributed by atoms with E-state index >= 15 is 0 Å². The van der Waals surface area contributed by atoms with Gasteiger partial charge >= 0.3 is 0 Å². The van der Waals surface area contributed by atoms with Crippen LogP contribution in [0.2, 0.25) is 0 Å². The maximum absolute atomic E-state index is 6.06. The third kappa shape index (κ3) is 7.16. The molecule has 0 N–H and O–H groups in total. The van der Waals surface area contributed by atoms with Crippen molar-refractivity contribution < 1.29 is 4.74 Å². The molecule has 2 nitrogen and oxygen atoms in total. The fraction of sp³-hybridized carbons (Fsp3) is 0.400. The van der Waals surface area contributed by atoms with Crippen molar-refractivity contribution >= 4 is 5.76 Å². The first kappa shape index (κ1) is 18.1. The number of allylic oxidation sites excluding steroid dienone is 2. The molecule has 0 aromatic heterocycles. The van der Waals surface area contributed by atoms with Crippen LogP contribution in [0.25, 0.3) is 5.76 Å². The molecule has 22 heavy (non-hydrogen) atoms. The number of rotatable bonds is 10. The van der Waals surface area contributed by atoms with Gasteiger partial charge in [0, 0.05) is 31.8 Å². The van der Waals surface area contributed by atoms with Gasteiger partial charge in [-0.25, -0.2) is 0 Å². The largest absolute Gasteiger partial charge is 0.491 e. The van der Waals surface area contributed by atoms with Crippen molar-refractivity contribution in [3.63, 3.8) is 0 Å². The molecule has 0 heterocycles. The molecule has 0 saturated carbocycles. The molecule has 2 heteroatoms. The van der Waals surface area contributed by atoms with Crippen molar-refractivity contribution in [3.8, 4) is 0 Å². The summed E-state index contributed by atoms with van der Waals surface area (Å²) >= 11 is 0. The van der Waals surface area contributed by atoms with Crippen LogP contribution in [0.1, 0.15) is 31.7 Å². The van der Waals surface area contributed by atoms with Crippen LogP contribution in [0.15, 0.2) is 61.3 Å². The lowest BCUT2D eigenvalue weighted by Crippen LogP contribution is -2.09. The number of nitrogens with zero attached hydrogens (tertiary/aromatic N) is 1. The van der Waals surface area contributed by atoms with Gasteiger partial charge in [0.2, 0.25) is 0 Å². The predicted molar refractivity (Wildman–Crippen MR) is 96.4 cm³/mol. The molecule has 1 unspecified atom stereocenters. The minimum atomic E-state index is 0.336. The zero-order chi connectivity index (χ0) is 16.2. The molecule has 0 amide bonds. The van der Waals surface area contributed by atoms with E-state index in [1.165, 1.54) is 6.42 Å². The molecule has 0 spiro atoms. The summed E-state index contributed by atoms with van der Waals surface area (Å²) in [5.74, 6) is 1.23. The van der Waals surface area contributed by atoms with Crippen LogP contribution in [0.4, 0.5) is 0 Å². The van der Waals surface area contributed by atoms with E-state index in [-0.39, 0.29) is 0 Å². The molecule has 0 aliphatic carbocycles. The first-order chi connectivity index (χ1) is 10.7. The molecular formula is C20H29NO. The molecule has 0 aliphatic heterocycles. The Balaban J connectivity index is 2.64. The summed E-state index contributed by atoms with van der Waals surface area (Å²) in [7, 11) is 4.01. The van der Waals surface area contributed by atoms with E-state index in [0.29, 0.717) is 12.5 Å². The van der Waals surface area contributed by atoms with Crippen LogP contribution in [0.3, 0.4) is 0 Å². The van der Waals surface area contributed by atoms with Gasteiger partial charge in [-0.1, -0.05) is 61.9 Å². The van der Waals surface area contributed by atoms with Gasteiger partial charge in [-0.2, -0.15) is 0 Å². The Hall–Kier alpha value is -1.96. The molecular weight excluding hydrogens is 270 g/mol. The number of hydrogen-bond acceptors (Lipinski definition) is 2. The van der Waals surface area contributed by atoms with E-state index in [2.05, 4.69) is 37.8 Å². The van der Waals surface area contributed by atoms with Gasteiger partial charge in [-0.3, -0.25) is 0 Å². The number of ether oxygens (including phenoxy) is 1. The van der Waals surface area contributed by atoms with Crippen LogP contribution in [-0.2, 0) is 4.74 Å². The molecule has 120 valence electrons. The SMILES string of the molecule is C=CC(C/C=C/CCC)CO/C(=C\N(C)C)c1ccccc1. The molecule has 0 bridgehead atoms. The lowest BCUT2D eigenvalue weighted by Gasteiger charge is -2.17. The van der Waals surface area contributed by atoms with Gasteiger partial charge in [-0.05, 0) is 12.8 Å². The zero-order valence-corrected chi connectivity index (χ0v) is 14.2. The summed E-state index contributed by atoms with van der Waals surface area (Å²) in [6.07, 6.45) is 11.8. The Morgan fingerprint density at radius 3 is 2.55 bits per heavy atom. The van der Waals surface area contributed by atoms with Gasteiger partial charge in [0.1, 0.15) is 5.76 Å². The summed E-state index contributed by atoms with van der Waals surface area (Å²) < 4.78 is 6.06. The minimum absolute atomic E-state index is 0.336. The highest BCUT2D eigenvalue weighted by Crippen LogP contribution is 2.18. The van der Waals surface area contributed by atoms with Crippen LogP contribution >= 0.6 is 0 Å². The molecule has 0 fully saturated rings. The number of hydrogen-bond donors (Lipinski definition) is 0. The third-order valence-electron chi connectivity index (χ3n) is 3.28. The van der Waals surface area contributed by atoms with E-state index < -0.39 is 0 Å². The van der Waals surface area contributed by atoms with Crippen LogP contribution in [-0.4, -0.2) is 25.6 Å². The smallest absolute Gasteiger partial charge is 0.142 e. The zero-order valence-electron chi connectivity index (χ0n) is 14.2. The standard InChI is InChI=1S/C20H29NO/c1-5-7-8-10-13-18(6-2)17-22-20(16-21(3)4)19-14-11-9-12-15-19/h6,8-12,14-16,18H,2,5,7,13,17H2,1,3-4H3/b10-8+,20-16-. The van der Waals surface area contributed by atoms with E-state index in [1.807, 2.05) is 49.5 Å². The second kappa shape index (κ2) is 10.7. The Labute approximate surface area is 135 Å². The van der Waals surface area contributed by atoms with E-state index in [0.717, 1.165) is 24.2 Å². The predicted octanol–water partition coefficient (Wildman–Crippen LogP) is 5.11. The van der Waals surface area contributed by atoms with Crippen molar-refractivity contribution in [2.75, 3.05) is 20.7 Å². The fourth-order valence-electron chi connectivity index (χ4n) is 2.02. The highest BCUT2D eigenvalue weighted by molar-refractivity contribution is 5.59. The van der Waals surface area contributed by atoms with E-state index in [9.17, 15) is 0 Å². The average molecular weight is 299 g/mol. The fourth-order valence-corrected chi connectivity index (χ4v) is 2.02. The van der Waals surface area contributed by atoms with Gasteiger partial charge < -0.3 is 9.64 Å². The summed E-state index contributed by atoms with van der Waals surface area (Å²) in [6, 6.07) is 10.2. The van der Waals surface area contributed by atoms with E-state index in [4.69, 9.17) is 4.74 Å². The van der Waals surface area contributed by atoms with Crippen molar-refractivity contribution in [1.29, 1.82) is 0 Å². The lowest BCUT2D eigenvalue weighted by molar-refractivity contribution is 0.237. The van der Waals surface area contributed by atoms with Crippen molar-refractivity contribution in [1.82, 2.24) is 4.90 Å². The lowest BCUT2D eigenvalue weighted by atomic mass is 10.1. The van der Waals surface area contributed by atoms with Gasteiger partial charge in [-0.15, -0.1) is 6.58 Å². The minimum Gasteiger partial charge on any atom is -0.491 e. The maximum Gasteiger partial charge on any atom is 0.142 e. The quantitative estimate of drug-likeness (QED) is 0.439. The molecule has 1 rings (SSSR count). The van der Waals surface area contributed by atoms with Crippen LogP contribution < -0.4 is 0 Å². The maximum atomic E-state index is 6.06. The highest BCUT2D eigenvalue weighted by Gasteiger charge is 2.07. The van der Waals surface area contributed by atoms with Gasteiger partial charge in [0.25, 0.3) is 0 Å². The van der Waals surface area contributed by atoms with Gasteiger partial charge in [0.05, 0.1) is 6.61 Å². The second-order valence-electron chi connectivity index (χ2n) is 5.63. The van der Waals surface area contributed by atoms with Crippen molar-refractivity contribution in [2.24, 2.45) is 5.92 Å². The number of unbranched alkanes of at least 4 members (excludes halogenated alkanes) is 1. The Bertz CT molecular complexity index is 474. The molecule has 0 aliphatic rings. The summed E-state index contributed by atoms with van der Waals surface area (Å²) in [5, 5.41) is 0. The topological polar surface area (TPSA) is 12.5 Å². The summed E-state index contributed by atoms with van der Waals surface area (Å²) in [5.41, 5.74) is 1.10. The number of benzene rings is 1. The van der Waals surface area contributed by atoms with Crippen molar-refractivity contribution in [2.45, 2.75) is 26.2 Å². The molecule has 0 radical (unpaired) electrons. The molecule has 0 saturated heterocycles. The monoisotopic (exact) mass is 299 g/mol. The second-order valence-corrected chi connectivity index (χ2v) is 5.63. The van der Waals surface area contributed by atoms with Gasteiger partial charge in [0.15, 0.2) is 0 Å². The average Bonchev–Trinajstić information content (AvgIpc) is 2.53. The first-order valence-corrected chi connectivity index (χ1v) is 8.01. The Morgan fingerprint density at radius 1 is 1.23 bits per heavy atom. The third-order valence-corrected chi connectivity index (χ3v) is 3.28. The van der Waals surface area contributed by atoms with Crippen molar-refractivity contribution in [3.05, 3.63) is 66.9 Å². The first-order valence-electron chi connectivity index (χ1n) is 8.01. The van der Waals surface area contributed by atoms with Crippen LogP contribution in [0.5, 0.6) is 0 Å². The Morgan fingerprint density at radius 2 is 1.95 bits per heavy atom. The van der Waals surface area contributed by atoms with Crippen LogP contribution in [0, 0.1) is 5.92 Å². The molecule has 1 aromatic carbocycles.